The zero-order valence-corrected chi connectivity index (χ0v) is 21.4. The van der Waals surface area contributed by atoms with Gasteiger partial charge in [-0.3, -0.25) is 9.36 Å². The fraction of sp³-hybridized carbons (Fsp3) is 0.429. The Hall–Kier alpha value is -2.74. The van der Waals surface area contributed by atoms with Gasteiger partial charge in [0.25, 0.3) is 0 Å². The number of rotatable bonds is 9. The van der Waals surface area contributed by atoms with Crippen molar-refractivity contribution in [2.45, 2.75) is 43.9 Å². The van der Waals surface area contributed by atoms with E-state index in [4.69, 9.17) is 19.7 Å². The minimum atomic E-state index is -3.77. The van der Waals surface area contributed by atoms with Gasteiger partial charge in [-0.1, -0.05) is 18.2 Å². The number of aliphatic hydroxyl groups is 2. The van der Waals surface area contributed by atoms with Crippen molar-refractivity contribution in [3.8, 4) is 5.75 Å². The molecule has 1 aromatic carbocycles. The molecule has 3 heterocycles. The first-order chi connectivity index (χ1) is 17.1. The number of fused-ring (bicyclic) bond motifs is 1. The third-order valence-electron chi connectivity index (χ3n) is 5.68. The summed E-state index contributed by atoms with van der Waals surface area (Å²) in [6.45, 7) is -0.863. The Morgan fingerprint density at radius 3 is 2.78 bits per heavy atom. The highest BCUT2D eigenvalue weighted by Crippen LogP contribution is 2.57. The monoisotopic (exact) mass is 538 g/mol. The van der Waals surface area contributed by atoms with Crippen molar-refractivity contribution in [2.75, 3.05) is 18.6 Å². The van der Waals surface area contributed by atoms with E-state index in [1.54, 1.807) is 30.3 Å². The Kier molecular flexibility index (Phi) is 7.55. The number of nitrogens with two attached hydrogens (primary N) is 1. The molecule has 1 unspecified atom stereocenters. The van der Waals surface area contributed by atoms with Crippen molar-refractivity contribution in [1.82, 2.24) is 24.6 Å². The number of nitrogen functional groups attached to an aromatic ring is 1. The smallest absolute Gasteiger partial charge is 0.375 e. The number of aliphatic hydroxyl groups excluding tert-OH is 1. The Morgan fingerprint density at radius 1 is 1.36 bits per heavy atom. The normalized spacial score (nSPS) is 26.4. The average molecular weight is 539 g/mol. The van der Waals surface area contributed by atoms with E-state index in [0.29, 0.717) is 16.9 Å². The van der Waals surface area contributed by atoms with E-state index in [2.05, 4.69) is 20.0 Å². The molecule has 2 aromatic heterocycles. The molecule has 0 amide bonds. The molecule has 194 valence electrons. The number of ether oxygens (including phenoxy) is 2. The highest BCUT2D eigenvalue weighted by molar-refractivity contribution is 8.56. The summed E-state index contributed by atoms with van der Waals surface area (Å²) in [4.78, 5) is 24.2. The van der Waals surface area contributed by atoms with Gasteiger partial charge < -0.3 is 29.9 Å². The summed E-state index contributed by atoms with van der Waals surface area (Å²) in [7, 11) is 1.22. The Balaban J connectivity index is 1.55. The molecule has 6 atom stereocenters. The summed E-state index contributed by atoms with van der Waals surface area (Å²) in [5.74, 6) is -0.199. The van der Waals surface area contributed by atoms with Gasteiger partial charge >= 0.3 is 12.7 Å². The highest BCUT2D eigenvalue weighted by atomic mass is 32.7. The van der Waals surface area contributed by atoms with Crippen molar-refractivity contribution in [1.29, 1.82) is 0 Å². The number of hydrogen-bond acceptors (Lipinski definition) is 12. The van der Waals surface area contributed by atoms with Crippen LogP contribution < -0.4 is 15.3 Å². The van der Waals surface area contributed by atoms with E-state index >= 15 is 0 Å². The summed E-state index contributed by atoms with van der Waals surface area (Å²) in [6, 6.07) is 7.51. The largest absolute Gasteiger partial charge is 0.468 e. The summed E-state index contributed by atoms with van der Waals surface area (Å²) >= 11 is 0.830. The third-order valence-corrected chi connectivity index (χ3v) is 9.66. The van der Waals surface area contributed by atoms with Gasteiger partial charge in [-0.15, -0.1) is 0 Å². The van der Waals surface area contributed by atoms with Gasteiger partial charge in [0.2, 0.25) is 0 Å². The molecular formula is C21H27N6O7PS. The first kappa shape index (κ1) is 26.3. The molecule has 1 aliphatic heterocycles. The Morgan fingerprint density at radius 2 is 2.08 bits per heavy atom. The number of carbonyl (C=O) groups excluding carboxylic acids is 1. The van der Waals surface area contributed by atoms with Crippen LogP contribution in [0.25, 0.3) is 11.2 Å². The molecule has 3 aromatic rings. The molecule has 0 radical (unpaired) electrons. The van der Waals surface area contributed by atoms with Gasteiger partial charge in [-0.25, -0.2) is 24.6 Å². The van der Waals surface area contributed by atoms with Crippen LogP contribution >= 0.6 is 18.1 Å². The third kappa shape index (κ3) is 5.19. The number of aromatic nitrogens is 4. The molecule has 1 saturated heterocycles. The molecule has 0 spiro atoms. The molecule has 0 bridgehead atoms. The van der Waals surface area contributed by atoms with Crippen LogP contribution in [0.1, 0.15) is 20.1 Å². The number of nitrogens with zero attached hydrogens (tertiary/aromatic N) is 4. The van der Waals surface area contributed by atoms with Gasteiger partial charge in [-0.05, 0) is 37.4 Å². The summed E-state index contributed by atoms with van der Waals surface area (Å²) in [5.41, 5.74) is 4.74. The van der Waals surface area contributed by atoms with E-state index in [1.807, 2.05) is 0 Å². The number of imidazole rings is 1. The first-order valence-electron chi connectivity index (χ1n) is 10.9. The summed E-state index contributed by atoms with van der Waals surface area (Å²) in [6.07, 6.45) is -0.757. The number of esters is 1. The summed E-state index contributed by atoms with van der Waals surface area (Å²) in [5, 5.41) is 24.7. The minimum absolute atomic E-state index is 0.0530. The first-order valence-corrected chi connectivity index (χ1v) is 14.1. The molecule has 0 saturated carbocycles. The number of methoxy groups -OCH3 is 1. The van der Waals surface area contributed by atoms with Gasteiger partial charge in [0.1, 0.15) is 35.3 Å². The predicted octanol–water partition coefficient (Wildman–Crippen LogP) is 1.49. The second kappa shape index (κ2) is 10.3. The fourth-order valence-electron chi connectivity index (χ4n) is 3.77. The molecule has 5 N–H and O–H groups in total. The van der Waals surface area contributed by atoms with Crippen LogP contribution in [0, 0.1) is 0 Å². The lowest BCUT2D eigenvalue weighted by atomic mass is 9.97. The van der Waals surface area contributed by atoms with Crippen molar-refractivity contribution >= 4 is 41.1 Å². The van der Waals surface area contributed by atoms with Crippen LogP contribution in [-0.2, 0) is 18.8 Å². The van der Waals surface area contributed by atoms with Crippen molar-refractivity contribution in [2.24, 2.45) is 0 Å². The van der Waals surface area contributed by atoms with E-state index in [9.17, 15) is 19.6 Å². The fourth-order valence-corrected chi connectivity index (χ4v) is 7.67. The van der Waals surface area contributed by atoms with Gasteiger partial charge in [0.15, 0.2) is 17.7 Å². The quantitative estimate of drug-likeness (QED) is 0.227. The molecule has 4 rings (SSSR count). The Bertz CT molecular complexity index is 1280. The van der Waals surface area contributed by atoms with E-state index in [-0.39, 0.29) is 11.6 Å². The predicted molar refractivity (Wildman–Crippen MR) is 132 cm³/mol. The second-order valence-electron chi connectivity index (χ2n) is 8.35. The number of benzene rings is 1. The molecule has 13 nitrogen and oxygen atoms in total. The van der Waals surface area contributed by atoms with Crippen LogP contribution in [0.3, 0.4) is 0 Å². The van der Waals surface area contributed by atoms with Crippen LogP contribution in [-0.4, -0.2) is 72.4 Å². The maximum absolute atomic E-state index is 13.7. The SMILES string of the molecule is COC(=O)[C@H](C)NP(=O)(Oc1ccccc1)SC[C@H]1O[C@@H](n2cnc3c(N)ncnc32)[C@](C)(O)[C@@H]1O. The van der Waals surface area contributed by atoms with Crippen molar-refractivity contribution in [3.05, 3.63) is 43.0 Å². The maximum Gasteiger partial charge on any atom is 0.375 e. The van der Waals surface area contributed by atoms with Crippen molar-refractivity contribution in [3.63, 3.8) is 0 Å². The van der Waals surface area contributed by atoms with Crippen molar-refractivity contribution < 1.29 is 33.6 Å². The van der Waals surface area contributed by atoms with Crippen LogP contribution in [0.4, 0.5) is 5.82 Å². The lowest BCUT2D eigenvalue weighted by Gasteiger charge is -2.27. The molecule has 1 aliphatic rings. The lowest BCUT2D eigenvalue weighted by Crippen LogP contribution is -2.44. The zero-order chi connectivity index (χ0) is 26.1. The number of carbonyl (C=O) groups is 1. The number of nitrogens with one attached hydrogen (secondary N) is 1. The molecule has 0 aliphatic carbocycles. The number of hydrogen-bond donors (Lipinski definition) is 4. The maximum atomic E-state index is 13.7. The van der Waals surface area contributed by atoms with Crippen LogP contribution in [0.5, 0.6) is 5.75 Å². The topological polar surface area (TPSA) is 184 Å². The molecule has 36 heavy (non-hydrogen) atoms. The summed E-state index contributed by atoms with van der Waals surface area (Å²) < 4.78 is 31.7. The van der Waals surface area contributed by atoms with E-state index in [1.165, 1.54) is 38.2 Å². The number of anilines is 1. The van der Waals surface area contributed by atoms with Gasteiger partial charge in [-0.2, -0.15) is 0 Å². The van der Waals surface area contributed by atoms with Crippen LogP contribution in [0.2, 0.25) is 0 Å². The van der Waals surface area contributed by atoms with Gasteiger partial charge in [0.05, 0.1) is 19.5 Å². The molecule has 15 heteroatoms. The number of para-hydroxylation sites is 1. The Labute approximate surface area is 210 Å². The van der Waals surface area contributed by atoms with Gasteiger partial charge in [0, 0.05) is 5.75 Å². The molecular weight excluding hydrogens is 511 g/mol. The lowest BCUT2D eigenvalue weighted by molar-refractivity contribution is -0.142. The minimum Gasteiger partial charge on any atom is -0.468 e. The van der Waals surface area contributed by atoms with E-state index in [0.717, 1.165) is 11.4 Å². The zero-order valence-electron chi connectivity index (χ0n) is 19.7. The molecule has 1 fully saturated rings. The second-order valence-corrected chi connectivity index (χ2v) is 12.6. The standard InChI is InChI=1S/C21H27N6O7PS/c1-12(19(29)32-3)26-35(31,34-13-7-5-4-6-8-13)36-9-14-16(28)21(2,30)20(33-14)27-11-25-15-17(22)23-10-24-18(15)27/h4-8,10-12,14,16,20,28,30H,9H2,1-3H3,(H,26,31)(H2,22,23,24)/t12-,14+,16+,20+,21+,35?/m0/s1. The van der Waals surface area contributed by atoms with Crippen LogP contribution in [0.15, 0.2) is 43.0 Å². The average Bonchev–Trinajstić information content (AvgIpc) is 3.37. The highest BCUT2D eigenvalue weighted by Gasteiger charge is 2.54. The van der Waals surface area contributed by atoms with E-state index < -0.39 is 42.8 Å².